The van der Waals surface area contributed by atoms with E-state index in [0.717, 1.165) is 38.2 Å². The van der Waals surface area contributed by atoms with Gasteiger partial charge in [0.05, 0.1) is 25.4 Å². The maximum Gasteiger partial charge on any atom is 0.119 e. The van der Waals surface area contributed by atoms with Crippen molar-refractivity contribution in [3.8, 4) is 5.75 Å². The van der Waals surface area contributed by atoms with Gasteiger partial charge in [0, 0.05) is 11.8 Å². The number of aliphatic hydroxyl groups is 1. The molecule has 0 aromatic heterocycles. The second-order valence-corrected chi connectivity index (χ2v) is 6.14. The highest BCUT2D eigenvalue weighted by Gasteiger charge is 2.40. The van der Waals surface area contributed by atoms with Crippen LogP contribution in [-0.4, -0.2) is 30.5 Å². The van der Waals surface area contributed by atoms with Gasteiger partial charge in [-0.2, -0.15) is 0 Å². The minimum atomic E-state index is -0.418. The van der Waals surface area contributed by atoms with E-state index in [-0.39, 0.29) is 5.41 Å². The van der Waals surface area contributed by atoms with E-state index in [1.54, 1.807) is 0 Å². The van der Waals surface area contributed by atoms with E-state index in [1.165, 1.54) is 5.56 Å². The van der Waals surface area contributed by atoms with Gasteiger partial charge >= 0.3 is 0 Å². The zero-order valence-corrected chi connectivity index (χ0v) is 10.8. The molecule has 0 amide bonds. The molecule has 98 valence electrons. The van der Waals surface area contributed by atoms with Gasteiger partial charge in [0.1, 0.15) is 5.75 Å². The van der Waals surface area contributed by atoms with E-state index < -0.39 is 5.60 Å². The Kier molecular flexibility index (Phi) is 2.83. The van der Waals surface area contributed by atoms with Crippen LogP contribution in [0.3, 0.4) is 0 Å². The van der Waals surface area contributed by atoms with Crippen molar-refractivity contribution in [2.45, 2.75) is 31.8 Å². The summed E-state index contributed by atoms with van der Waals surface area (Å²) in [6.07, 6.45) is 2.63. The van der Waals surface area contributed by atoms with Crippen LogP contribution in [0.2, 0.25) is 0 Å². The van der Waals surface area contributed by atoms with Gasteiger partial charge in [0.25, 0.3) is 0 Å². The average Bonchev–Trinajstić information content (AvgIpc) is 3.04. The molecule has 18 heavy (non-hydrogen) atoms. The van der Waals surface area contributed by atoms with Crippen LogP contribution in [0.5, 0.6) is 5.75 Å². The van der Waals surface area contributed by atoms with Gasteiger partial charge in [0.15, 0.2) is 0 Å². The summed E-state index contributed by atoms with van der Waals surface area (Å²) in [6.45, 7) is 4.46. The highest BCUT2D eigenvalue weighted by Crippen LogP contribution is 2.38. The Bertz CT molecular complexity index is 416. The molecule has 1 saturated carbocycles. The third-order valence-corrected chi connectivity index (χ3v) is 3.77. The Labute approximate surface area is 108 Å². The van der Waals surface area contributed by atoms with Gasteiger partial charge in [-0.25, -0.2) is 0 Å². The number of ether oxygens (including phenoxy) is 2. The lowest BCUT2D eigenvalue weighted by Gasteiger charge is -2.37. The Morgan fingerprint density at radius 2 is 1.89 bits per heavy atom. The molecule has 2 fully saturated rings. The summed E-state index contributed by atoms with van der Waals surface area (Å²) in [6, 6.07) is 8.07. The molecule has 1 saturated heterocycles. The van der Waals surface area contributed by atoms with Gasteiger partial charge in [-0.3, -0.25) is 0 Å². The first-order valence-corrected chi connectivity index (χ1v) is 6.59. The maximum absolute atomic E-state index is 9.86. The molecule has 1 aromatic carbocycles. The lowest BCUT2D eigenvalue weighted by atomic mass is 9.90. The molecule has 1 N–H and O–H groups in total. The lowest BCUT2D eigenvalue weighted by molar-refractivity contribution is -0.120. The van der Waals surface area contributed by atoms with E-state index in [0.29, 0.717) is 6.61 Å². The van der Waals surface area contributed by atoms with Crippen molar-refractivity contribution < 1.29 is 14.6 Å². The van der Waals surface area contributed by atoms with Gasteiger partial charge in [-0.15, -0.1) is 0 Å². The van der Waals surface area contributed by atoms with Crippen LogP contribution in [0.1, 0.15) is 25.3 Å². The third-order valence-electron chi connectivity index (χ3n) is 3.77. The van der Waals surface area contributed by atoms with E-state index in [4.69, 9.17) is 9.47 Å². The molecule has 3 heteroatoms. The molecule has 1 heterocycles. The predicted molar refractivity (Wildman–Crippen MR) is 68.8 cm³/mol. The molecule has 0 spiro atoms. The SMILES string of the molecule is CC1(COc2ccc(CC3(O)CC3)cc2)COC1. The normalized spacial score (nSPS) is 23.2. The molecule has 1 aliphatic carbocycles. The number of benzene rings is 1. The van der Waals surface area contributed by atoms with Crippen molar-refractivity contribution in [3.05, 3.63) is 29.8 Å². The summed E-state index contributed by atoms with van der Waals surface area (Å²) in [4.78, 5) is 0. The Balaban J connectivity index is 1.54. The maximum atomic E-state index is 9.86. The summed E-state index contributed by atoms with van der Waals surface area (Å²) in [7, 11) is 0. The van der Waals surface area contributed by atoms with E-state index in [1.807, 2.05) is 24.3 Å². The zero-order chi connectivity index (χ0) is 12.6. The highest BCUT2D eigenvalue weighted by molar-refractivity contribution is 5.29. The summed E-state index contributed by atoms with van der Waals surface area (Å²) >= 11 is 0. The molecule has 1 aliphatic heterocycles. The Hall–Kier alpha value is -1.06. The molecule has 0 bridgehead atoms. The number of hydrogen-bond donors (Lipinski definition) is 1. The van der Waals surface area contributed by atoms with E-state index in [9.17, 15) is 5.11 Å². The molecule has 0 unspecified atom stereocenters. The van der Waals surface area contributed by atoms with Crippen LogP contribution >= 0.6 is 0 Å². The van der Waals surface area contributed by atoms with Crippen LogP contribution in [-0.2, 0) is 11.2 Å². The summed E-state index contributed by atoms with van der Waals surface area (Å²) in [5.41, 5.74) is 0.946. The topological polar surface area (TPSA) is 38.7 Å². The fourth-order valence-electron chi connectivity index (χ4n) is 2.20. The first-order valence-electron chi connectivity index (χ1n) is 6.59. The highest BCUT2D eigenvalue weighted by atomic mass is 16.5. The molecule has 0 atom stereocenters. The molecule has 3 rings (SSSR count). The first kappa shape index (κ1) is 12.0. The van der Waals surface area contributed by atoms with Gasteiger partial charge < -0.3 is 14.6 Å². The molecule has 2 aliphatic rings. The fourth-order valence-corrected chi connectivity index (χ4v) is 2.20. The molecule has 1 aromatic rings. The predicted octanol–water partition coefficient (Wildman–Crippen LogP) is 2.17. The fraction of sp³-hybridized carbons (Fsp3) is 0.600. The van der Waals surface area contributed by atoms with Crippen molar-refractivity contribution in [3.63, 3.8) is 0 Å². The van der Waals surface area contributed by atoms with Crippen LogP contribution in [0.15, 0.2) is 24.3 Å². The van der Waals surface area contributed by atoms with Crippen molar-refractivity contribution in [1.29, 1.82) is 0 Å². The average molecular weight is 248 g/mol. The van der Waals surface area contributed by atoms with Crippen LogP contribution < -0.4 is 4.74 Å². The van der Waals surface area contributed by atoms with Gasteiger partial charge in [0.2, 0.25) is 0 Å². The van der Waals surface area contributed by atoms with Crippen LogP contribution in [0, 0.1) is 5.41 Å². The lowest BCUT2D eigenvalue weighted by Crippen LogP contribution is -2.44. The minimum absolute atomic E-state index is 0.182. The monoisotopic (exact) mass is 248 g/mol. The van der Waals surface area contributed by atoms with Crippen molar-refractivity contribution in [1.82, 2.24) is 0 Å². The van der Waals surface area contributed by atoms with E-state index >= 15 is 0 Å². The standard InChI is InChI=1S/C15H20O3/c1-14(9-17-10-14)11-18-13-4-2-12(3-5-13)8-15(16)6-7-15/h2-5,16H,6-11H2,1H3. The first-order chi connectivity index (χ1) is 8.57. The van der Waals surface area contributed by atoms with Crippen molar-refractivity contribution >= 4 is 0 Å². The van der Waals surface area contributed by atoms with Gasteiger partial charge in [-0.1, -0.05) is 19.1 Å². The van der Waals surface area contributed by atoms with E-state index in [2.05, 4.69) is 6.92 Å². The van der Waals surface area contributed by atoms with Gasteiger partial charge in [-0.05, 0) is 30.5 Å². The molecular weight excluding hydrogens is 228 g/mol. The van der Waals surface area contributed by atoms with Crippen LogP contribution in [0.4, 0.5) is 0 Å². The summed E-state index contributed by atoms with van der Waals surface area (Å²) < 4.78 is 11.0. The zero-order valence-electron chi connectivity index (χ0n) is 10.8. The van der Waals surface area contributed by atoms with Crippen molar-refractivity contribution in [2.24, 2.45) is 5.41 Å². The van der Waals surface area contributed by atoms with Crippen molar-refractivity contribution in [2.75, 3.05) is 19.8 Å². The summed E-state index contributed by atoms with van der Waals surface area (Å²) in [5.74, 6) is 0.898. The Morgan fingerprint density at radius 3 is 2.39 bits per heavy atom. The minimum Gasteiger partial charge on any atom is -0.493 e. The largest absolute Gasteiger partial charge is 0.493 e. The summed E-state index contributed by atoms with van der Waals surface area (Å²) in [5, 5.41) is 9.86. The second-order valence-electron chi connectivity index (χ2n) is 6.14. The molecular formula is C15H20O3. The molecule has 0 radical (unpaired) electrons. The number of hydrogen-bond acceptors (Lipinski definition) is 3. The smallest absolute Gasteiger partial charge is 0.119 e. The molecule has 3 nitrogen and oxygen atoms in total. The quantitative estimate of drug-likeness (QED) is 0.868. The number of rotatable bonds is 5. The Morgan fingerprint density at radius 1 is 1.22 bits per heavy atom. The second kappa shape index (κ2) is 4.25. The van der Waals surface area contributed by atoms with Crippen LogP contribution in [0.25, 0.3) is 0 Å². The third kappa shape index (κ3) is 2.68.